The number of anilines is 3. The van der Waals surface area contributed by atoms with Crippen LogP contribution in [0.25, 0.3) is 11.1 Å². The number of phenols is 1. The molecule has 208 valence electrons. The van der Waals surface area contributed by atoms with Crippen LogP contribution >= 0.6 is 0 Å². The summed E-state index contributed by atoms with van der Waals surface area (Å²) in [6.07, 6.45) is -4.66. The number of nitrogens with zero attached hydrogens (tertiary/aromatic N) is 2. The molecule has 4 aromatic carbocycles. The molecule has 0 aromatic heterocycles. The van der Waals surface area contributed by atoms with Crippen molar-refractivity contribution in [3.63, 3.8) is 0 Å². The van der Waals surface area contributed by atoms with Gasteiger partial charge in [-0.2, -0.15) is 18.3 Å². The fraction of sp³-hybridized carbons (Fsp3) is 0.129. The van der Waals surface area contributed by atoms with Crippen molar-refractivity contribution in [1.82, 2.24) is 0 Å². The number of nitrogens with one attached hydrogen (secondary N) is 1. The number of para-hydroxylation sites is 1. The summed E-state index contributed by atoms with van der Waals surface area (Å²) in [5, 5.41) is 15.3. The number of esters is 1. The molecule has 4 aromatic rings. The number of amides is 1. The summed E-state index contributed by atoms with van der Waals surface area (Å²) in [4.78, 5) is 26.8. The Bertz CT molecular complexity index is 1710. The van der Waals surface area contributed by atoms with E-state index in [4.69, 9.17) is 4.74 Å². The van der Waals surface area contributed by atoms with Gasteiger partial charge in [0, 0.05) is 11.1 Å². The quantitative estimate of drug-likeness (QED) is 0.156. The number of benzene rings is 4. The minimum Gasteiger partial charge on any atom is -0.505 e. The van der Waals surface area contributed by atoms with E-state index in [1.165, 1.54) is 37.4 Å². The van der Waals surface area contributed by atoms with Crippen LogP contribution in [0.15, 0.2) is 84.0 Å². The number of fused-ring (bicyclic) bond motifs is 1. The van der Waals surface area contributed by atoms with E-state index >= 15 is 0 Å². The van der Waals surface area contributed by atoms with Crippen molar-refractivity contribution in [2.24, 2.45) is 5.10 Å². The molecule has 1 aliphatic heterocycles. The van der Waals surface area contributed by atoms with E-state index in [0.29, 0.717) is 5.56 Å². The Morgan fingerprint density at radius 1 is 0.927 bits per heavy atom. The first-order valence-corrected chi connectivity index (χ1v) is 12.5. The molecular formula is C31H24F3N3O4. The number of aromatic hydroxyl groups is 1. The normalized spacial score (nSPS) is 13.9. The SMILES string of the molecule is COC(=O)c1cccc(N2C(=O)/C(=N\Nc3cccc(-c4cc(C)cc(C)c4)c3O)c3ccc(C(F)(F)F)cc32)c1. The maximum atomic E-state index is 13.6. The van der Waals surface area contributed by atoms with Crippen LogP contribution in [0, 0.1) is 13.8 Å². The first-order valence-electron chi connectivity index (χ1n) is 12.5. The largest absolute Gasteiger partial charge is 0.505 e. The maximum Gasteiger partial charge on any atom is 0.416 e. The fourth-order valence-electron chi connectivity index (χ4n) is 4.79. The average molecular weight is 560 g/mol. The van der Waals surface area contributed by atoms with Gasteiger partial charge in [-0.25, -0.2) is 4.79 Å². The zero-order valence-electron chi connectivity index (χ0n) is 22.2. The van der Waals surface area contributed by atoms with Crippen molar-refractivity contribution in [2.75, 3.05) is 17.4 Å². The highest BCUT2D eigenvalue weighted by Crippen LogP contribution is 2.41. The Balaban J connectivity index is 1.58. The van der Waals surface area contributed by atoms with Crippen molar-refractivity contribution in [3.8, 4) is 16.9 Å². The molecule has 5 rings (SSSR count). The number of carbonyl (C=O) groups excluding carboxylic acids is 2. The summed E-state index contributed by atoms with van der Waals surface area (Å²) in [5.41, 5.74) is 5.50. The van der Waals surface area contributed by atoms with Crippen molar-refractivity contribution in [1.29, 1.82) is 0 Å². The molecule has 0 bridgehead atoms. The molecule has 7 nitrogen and oxygen atoms in total. The number of alkyl halides is 3. The van der Waals surface area contributed by atoms with E-state index in [2.05, 4.69) is 10.5 Å². The Labute approximate surface area is 233 Å². The summed E-state index contributed by atoms with van der Waals surface area (Å²) in [6, 6.07) is 19.6. The van der Waals surface area contributed by atoms with Gasteiger partial charge in [-0.3, -0.25) is 15.1 Å². The van der Waals surface area contributed by atoms with E-state index in [0.717, 1.165) is 33.7 Å². The number of rotatable bonds is 5. The predicted octanol–water partition coefficient (Wildman–Crippen LogP) is 6.98. The number of phenolic OH excluding ortho intramolecular Hbond substituents is 1. The van der Waals surface area contributed by atoms with Gasteiger partial charge in [0.05, 0.1) is 35.3 Å². The van der Waals surface area contributed by atoms with Gasteiger partial charge in [-0.15, -0.1) is 0 Å². The van der Waals surface area contributed by atoms with Crippen molar-refractivity contribution < 1.29 is 32.6 Å². The molecule has 0 aliphatic carbocycles. The van der Waals surface area contributed by atoms with Gasteiger partial charge in [-0.05, 0) is 61.9 Å². The Kier molecular flexibility index (Phi) is 7.00. The van der Waals surface area contributed by atoms with Gasteiger partial charge in [0.25, 0.3) is 5.91 Å². The number of hydrogen-bond donors (Lipinski definition) is 2. The molecule has 10 heteroatoms. The number of aryl methyl sites for hydroxylation is 2. The maximum absolute atomic E-state index is 13.6. The standard InChI is InChI=1S/C31H24F3N3O4/c1-17-12-18(2)14-20(13-17)23-8-5-9-25(28(23)38)35-36-27-24-11-10-21(31(32,33)34)16-26(24)37(29(27)39)22-7-4-6-19(15-22)30(40)41-3/h4-16,35,38H,1-3H3/b36-27-. The highest BCUT2D eigenvalue weighted by Gasteiger charge is 2.39. The van der Waals surface area contributed by atoms with Crippen LogP contribution in [0.3, 0.4) is 0 Å². The monoisotopic (exact) mass is 559 g/mol. The zero-order chi connectivity index (χ0) is 29.5. The second-order valence-corrected chi connectivity index (χ2v) is 9.56. The molecule has 2 N–H and O–H groups in total. The van der Waals surface area contributed by atoms with E-state index in [-0.39, 0.29) is 39.7 Å². The van der Waals surface area contributed by atoms with Crippen LogP contribution in [-0.4, -0.2) is 29.8 Å². The van der Waals surface area contributed by atoms with Crippen LogP contribution in [0.4, 0.5) is 30.2 Å². The first-order chi connectivity index (χ1) is 19.5. The second-order valence-electron chi connectivity index (χ2n) is 9.56. The first kappa shape index (κ1) is 27.4. The van der Waals surface area contributed by atoms with Crippen molar-refractivity contribution in [3.05, 3.63) is 107 Å². The molecule has 0 saturated carbocycles. The van der Waals surface area contributed by atoms with Gasteiger partial charge in [0.15, 0.2) is 5.71 Å². The lowest BCUT2D eigenvalue weighted by atomic mass is 9.99. The molecular weight excluding hydrogens is 535 g/mol. The van der Waals surface area contributed by atoms with Crippen LogP contribution in [0.5, 0.6) is 5.75 Å². The number of ether oxygens (including phenoxy) is 1. The van der Waals surface area contributed by atoms with Gasteiger partial charge in [0.1, 0.15) is 5.75 Å². The molecule has 1 aliphatic rings. The van der Waals surface area contributed by atoms with Crippen molar-refractivity contribution >= 4 is 34.7 Å². The molecule has 0 spiro atoms. The third kappa shape index (κ3) is 5.23. The topological polar surface area (TPSA) is 91.2 Å². The molecule has 0 unspecified atom stereocenters. The van der Waals surface area contributed by atoms with E-state index in [1.807, 2.05) is 32.0 Å². The van der Waals surface area contributed by atoms with Gasteiger partial charge < -0.3 is 9.84 Å². The van der Waals surface area contributed by atoms with Crippen LogP contribution in [0.2, 0.25) is 0 Å². The van der Waals surface area contributed by atoms with Crippen molar-refractivity contribution in [2.45, 2.75) is 20.0 Å². The van der Waals surface area contributed by atoms with Crippen LogP contribution in [-0.2, 0) is 15.7 Å². The molecule has 0 atom stereocenters. The fourth-order valence-corrected chi connectivity index (χ4v) is 4.79. The molecule has 1 amide bonds. The minimum absolute atomic E-state index is 0.0550. The van der Waals surface area contributed by atoms with Gasteiger partial charge in [-0.1, -0.05) is 47.5 Å². The number of carbonyl (C=O) groups is 2. The number of halogens is 3. The molecule has 1 heterocycles. The van der Waals surface area contributed by atoms with E-state index in [9.17, 15) is 27.9 Å². The van der Waals surface area contributed by atoms with Gasteiger partial charge >= 0.3 is 12.1 Å². The van der Waals surface area contributed by atoms with Gasteiger partial charge in [0.2, 0.25) is 0 Å². The highest BCUT2D eigenvalue weighted by atomic mass is 19.4. The summed E-state index contributed by atoms with van der Waals surface area (Å²) < 4.78 is 45.5. The van der Waals surface area contributed by atoms with Crippen LogP contribution < -0.4 is 10.3 Å². The smallest absolute Gasteiger partial charge is 0.416 e. The minimum atomic E-state index is -4.66. The summed E-state index contributed by atoms with van der Waals surface area (Å²) in [6.45, 7) is 3.89. The third-order valence-electron chi connectivity index (χ3n) is 6.61. The average Bonchev–Trinajstić information content (AvgIpc) is 3.21. The lowest BCUT2D eigenvalue weighted by Crippen LogP contribution is -2.26. The Hall–Kier alpha value is -5.12. The van der Waals surface area contributed by atoms with Crippen LogP contribution in [0.1, 0.15) is 32.6 Å². The lowest BCUT2D eigenvalue weighted by Gasteiger charge is -2.18. The summed E-state index contributed by atoms with van der Waals surface area (Å²) in [5.74, 6) is -1.50. The molecule has 0 fully saturated rings. The number of hydrogen-bond acceptors (Lipinski definition) is 6. The summed E-state index contributed by atoms with van der Waals surface area (Å²) in [7, 11) is 1.20. The van der Waals surface area contributed by atoms with E-state index in [1.54, 1.807) is 18.2 Å². The number of hydrazone groups is 1. The van der Waals surface area contributed by atoms with E-state index < -0.39 is 23.6 Å². The third-order valence-corrected chi connectivity index (χ3v) is 6.61. The summed E-state index contributed by atoms with van der Waals surface area (Å²) >= 11 is 0. The predicted molar refractivity (Wildman–Crippen MR) is 150 cm³/mol. The second kappa shape index (κ2) is 10.5. The molecule has 0 radical (unpaired) electrons. The zero-order valence-corrected chi connectivity index (χ0v) is 22.2. The molecule has 0 saturated heterocycles. The lowest BCUT2D eigenvalue weighted by molar-refractivity contribution is -0.137. The highest BCUT2D eigenvalue weighted by molar-refractivity contribution is 6.55. The molecule has 41 heavy (non-hydrogen) atoms. The number of methoxy groups -OCH3 is 1. The Morgan fingerprint density at radius 2 is 1.63 bits per heavy atom. The Morgan fingerprint density at radius 3 is 2.32 bits per heavy atom.